The molecule has 1 aromatic carbocycles. The van der Waals surface area contributed by atoms with Gasteiger partial charge in [0.05, 0.1) is 13.2 Å². The second kappa shape index (κ2) is 7.85. The highest BCUT2D eigenvalue weighted by molar-refractivity contribution is 5.77. The van der Waals surface area contributed by atoms with Crippen molar-refractivity contribution in [3.05, 3.63) is 29.6 Å². The van der Waals surface area contributed by atoms with Crippen molar-refractivity contribution in [1.29, 1.82) is 0 Å². The number of hydrogen-bond donors (Lipinski definition) is 0. The lowest BCUT2D eigenvalue weighted by Crippen LogP contribution is -2.34. The average molecular weight is 283 g/mol. The summed E-state index contributed by atoms with van der Waals surface area (Å²) in [4.78, 5) is 13.6. The van der Waals surface area contributed by atoms with Crippen molar-refractivity contribution in [3.8, 4) is 5.75 Å². The number of halogens is 1. The zero-order valence-electron chi connectivity index (χ0n) is 12.5. The molecule has 0 aliphatic heterocycles. The van der Waals surface area contributed by atoms with Crippen LogP contribution in [0.4, 0.5) is 4.39 Å². The van der Waals surface area contributed by atoms with Gasteiger partial charge in [-0.3, -0.25) is 4.79 Å². The molecule has 0 N–H and O–H groups in total. The predicted molar refractivity (Wildman–Crippen MR) is 75.1 cm³/mol. The fraction of sp³-hybridized carbons (Fsp3) is 0.533. The van der Waals surface area contributed by atoms with Crippen LogP contribution in [-0.2, 0) is 16.1 Å². The molecule has 0 unspecified atom stereocenters. The van der Waals surface area contributed by atoms with E-state index in [1.165, 1.54) is 13.2 Å². The number of methoxy groups -OCH3 is 1. The normalized spacial score (nSPS) is 10.7. The summed E-state index contributed by atoms with van der Waals surface area (Å²) in [6, 6.07) is 4.70. The minimum atomic E-state index is -0.424. The summed E-state index contributed by atoms with van der Waals surface area (Å²) in [7, 11) is 1.42. The van der Waals surface area contributed by atoms with Gasteiger partial charge in [-0.05, 0) is 38.5 Å². The van der Waals surface area contributed by atoms with E-state index in [0.29, 0.717) is 13.1 Å². The molecule has 1 rings (SSSR count). The van der Waals surface area contributed by atoms with E-state index in [0.717, 1.165) is 5.56 Å². The van der Waals surface area contributed by atoms with Crippen LogP contribution in [0.1, 0.15) is 26.3 Å². The third-order valence-electron chi connectivity index (χ3n) is 2.86. The third-order valence-corrected chi connectivity index (χ3v) is 2.86. The van der Waals surface area contributed by atoms with Crippen molar-refractivity contribution in [2.24, 2.45) is 0 Å². The number of nitrogens with zero attached hydrogens (tertiary/aromatic N) is 1. The first kappa shape index (κ1) is 16.4. The lowest BCUT2D eigenvalue weighted by molar-refractivity contribution is -0.138. The van der Waals surface area contributed by atoms with E-state index in [1.54, 1.807) is 17.0 Å². The fourth-order valence-corrected chi connectivity index (χ4v) is 1.73. The van der Waals surface area contributed by atoms with E-state index in [-0.39, 0.29) is 24.4 Å². The van der Waals surface area contributed by atoms with Crippen molar-refractivity contribution < 1.29 is 18.7 Å². The molecule has 0 aliphatic rings. The molecule has 0 aliphatic carbocycles. The number of benzene rings is 1. The molecule has 0 heterocycles. The molecule has 0 spiro atoms. The maximum atomic E-state index is 13.6. The predicted octanol–water partition coefficient (Wildman–Crippen LogP) is 2.61. The third kappa shape index (κ3) is 4.81. The molecule has 0 fully saturated rings. The zero-order valence-corrected chi connectivity index (χ0v) is 12.5. The van der Waals surface area contributed by atoms with Crippen molar-refractivity contribution in [2.45, 2.75) is 33.4 Å². The molecule has 1 aromatic rings. The Morgan fingerprint density at radius 3 is 2.60 bits per heavy atom. The fourth-order valence-electron chi connectivity index (χ4n) is 1.73. The summed E-state index contributed by atoms with van der Waals surface area (Å²) in [5, 5.41) is 0. The van der Waals surface area contributed by atoms with Gasteiger partial charge in [0.1, 0.15) is 6.61 Å². The van der Waals surface area contributed by atoms with E-state index in [9.17, 15) is 9.18 Å². The average Bonchev–Trinajstić information content (AvgIpc) is 2.42. The van der Waals surface area contributed by atoms with Gasteiger partial charge in [-0.2, -0.15) is 0 Å². The highest BCUT2D eigenvalue weighted by Crippen LogP contribution is 2.18. The molecule has 0 bridgehead atoms. The minimum Gasteiger partial charge on any atom is -0.494 e. The van der Waals surface area contributed by atoms with Crippen LogP contribution in [0.3, 0.4) is 0 Å². The summed E-state index contributed by atoms with van der Waals surface area (Å²) in [5.41, 5.74) is 0.725. The Hall–Kier alpha value is -1.62. The number of carbonyl (C=O) groups is 1. The van der Waals surface area contributed by atoms with Gasteiger partial charge in [0.25, 0.3) is 0 Å². The molecule has 20 heavy (non-hydrogen) atoms. The number of rotatable bonds is 7. The van der Waals surface area contributed by atoms with E-state index in [2.05, 4.69) is 0 Å². The molecule has 1 amide bonds. The number of carbonyl (C=O) groups excluding carboxylic acids is 1. The number of hydrogen-bond acceptors (Lipinski definition) is 3. The van der Waals surface area contributed by atoms with Crippen LogP contribution >= 0.6 is 0 Å². The number of ether oxygens (including phenoxy) is 2. The van der Waals surface area contributed by atoms with Gasteiger partial charge in [-0.15, -0.1) is 0 Å². The molecule has 0 radical (unpaired) electrons. The monoisotopic (exact) mass is 283 g/mol. The maximum absolute atomic E-state index is 13.6. The zero-order chi connectivity index (χ0) is 15.1. The smallest absolute Gasteiger partial charge is 0.248 e. The van der Waals surface area contributed by atoms with Gasteiger partial charge in [-0.1, -0.05) is 6.07 Å². The molecule has 0 saturated heterocycles. The Labute approximate surface area is 119 Å². The first-order valence-electron chi connectivity index (χ1n) is 6.69. The lowest BCUT2D eigenvalue weighted by atomic mass is 10.2. The largest absolute Gasteiger partial charge is 0.494 e. The van der Waals surface area contributed by atoms with Crippen LogP contribution in [0.5, 0.6) is 5.75 Å². The summed E-state index contributed by atoms with van der Waals surface area (Å²) in [6.07, 6.45) is 0.0103. The molecule has 0 aromatic heterocycles. The van der Waals surface area contributed by atoms with Gasteiger partial charge in [0, 0.05) is 13.1 Å². The van der Waals surface area contributed by atoms with E-state index in [1.807, 2.05) is 20.8 Å². The quantitative estimate of drug-likeness (QED) is 0.772. The molecule has 5 heteroatoms. The van der Waals surface area contributed by atoms with E-state index in [4.69, 9.17) is 9.47 Å². The molecule has 112 valence electrons. The van der Waals surface area contributed by atoms with Crippen LogP contribution in [0, 0.1) is 5.82 Å². The summed E-state index contributed by atoms with van der Waals surface area (Å²) < 4.78 is 23.8. The summed E-state index contributed by atoms with van der Waals surface area (Å²) >= 11 is 0. The first-order valence-corrected chi connectivity index (χ1v) is 6.69. The van der Waals surface area contributed by atoms with Crippen molar-refractivity contribution in [2.75, 3.05) is 20.3 Å². The Morgan fingerprint density at radius 2 is 2.10 bits per heavy atom. The number of amides is 1. The highest BCUT2D eigenvalue weighted by atomic mass is 19.1. The molecular formula is C15H22FNO3. The van der Waals surface area contributed by atoms with Crippen molar-refractivity contribution in [1.82, 2.24) is 4.90 Å². The molecule has 0 atom stereocenters. The van der Waals surface area contributed by atoms with Crippen LogP contribution in [-0.4, -0.2) is 37.2 Å². The van der Waals surface area contributed by atoms with Crippen LogP contribution in [0.2, 0.25) is 0 Å². The SMILES string of the molecule is CCN(Cc1ccc(OC)c(F)c1)C(=O)COC(C)C. The minimum absolute atomic E-state index is 0.0103. The van der Waals surface area contributed by atoms with Gasteiger partial charge >= 0.3 is 0 Å². The first-order chi connectivity index (χ1) is 9.47. The molecule has 0 saturated carbocycles. The van der Waals surface area contributed by atoms with Gasteiger partial charge in [-0.25, -0.2) is 4.39 Å². The Morgan fingerprint density at radius 1 is 1.40 bits per heavy atom. The van der Waals surface area contributed by atoms with Gasteiger partial charge in [0.2, 0.25) is 5.91 Å². The van der Waals surface area contributed by atoms with Gasteiger partial charge < -0.3 is 14.4 Å². The second-order valence-corrected chi connectivity index (χ2v) is 4.74. The van der Waals surface area contributed by atoms with Crippen LogP contribution in [0.25, 0.3) is 0 Å². The van der Waals surface area contributed by atoms with Crippen LogP contribution in [0.15, 0.2) is 18.2 Å². The lowest BCUT2D eigenvalue weighted by Gasteiger charge is -2.21. The Bertz CT molecular complexity index is 449. The summed E-state index contributed by atoms with van der Waals surface area (Å²) in [6.45, 7) is 6.59. The second-order valence-electron chi connectivity index (χ2n) is 4.74. The molecular weight excluding hydrogens is 261 g/mol. The van der Waals surface area contributed by atoms with Crippen LogP contribution < -0.4 is 4.74 Å². The van der Waals surface area contributed by atoms with Crippen molar-refractivity contribution >= 4 is 5.91 Å². The topological polar surface area (TPSA) is 38.8 Å². The maximum Gasteiger partial charge on any atom is 0.248 e. The Balaban J connectivity index is 2.68. The standard InChI is InChI=1S/C15H22FNO3/c1-5-17(15(18)10-20-11(2)3)9-12-6-7-14(19-4)13(16)8-12/h6-8,11H,5,9-10H2,1-4H3. The number of likely N-dealkylation sites (N-methyl/N-ethyl adjacent to an activating group) is 1. The molecule has 4 nitrogen and oxygen atoms in total. The highest BCUT2D eigenvalue weighted by Gasteiger charge is 2.14. The van der Waals surface area contributed by atoms with E-state index >= 15 is 0 Å². The Kier molecular flexibility index (Phi) is 6.45. The summed E-state index contributed by atoms with van der Waals surface area (Å²) in [5.74, 6) is -0.323. The van der Waals surface area contributed by atoms with Gasteiger partial charge in [0.15, 0.2) is 11.6 Å². The van der Waals surface area contributed by atoms with Crippen molar-refractivity contribution in [3.63, 3.8) is 0 Å². The van der Waals surface area contributed by atoms with E-state index < -0.39 is 5.82 Å².